The number of hydrogen-bond donors (Lipinski definition) is 2. The van der Waals surface area contributed by atoms with Crippen LogP contribution in [0.1, 0.15) is 97.1 Å². The van der Waals surface area contributed by atoms with Crippen molar-refractivity contribution in [1.82, 2.24) is 5.32 Å². The molecule has 3 heteroatoms. The molecule has 2 nitrogen and oxygen atoms in total. The van der Waals surface area contributed by atoms with E-state index in [2.05, 4.69) is 77.3 Å². The molecule has 2 unspecified atom stereocenters. The second kappa shape index (κ2) is 9.41. The van der Waals surface area contributed by atoms with E-state index >= 15 is 0 Å². The van der Waals surface area contributed by atoms with Crippen LogP contribution in [0.2, 0.25) is 0 Å². The lowest BCUT2D eigenvalue weighted by Crippen LogP contribution is -2.45. The summed E-state index contributed by atoms with van der Waals surface area (Å²) in [6.07, 6.45) is 4.49. The van der Waals surface area contributed by atoms with Crippen LogP contribution in [0.5, 0.6) is 0 Å². The summed E-state index contributed by atoms with van der Waals surface area (Å²) in [5.41, 5.74) is 3.97. The predicted octanol–water partition coefficient (Wildman–Crippen LogP) is 6.58. The van der Waals surface area contributed by atoms with Crippen molar-refractivity contribution in [2.45, 2.75) is 91.5 Å². The van der Waals surface area contributed by atoms with Crippen molar-refractivity contribution in [1.29, 1.82) is 0 Å². The summed E-state index contributed by atoms with van der Waals surface area (Å²) in [5, 5.41) is 7.77. The van der Waals surface area contributed by atoms with Crippen LogP contribution < -0.4 is 10.6 Å². The normalized spacial score (nSPS) is 14.1. The van der Waals surface area contributed by atoms with Gasteiger partial charge >= 0.3 is 0 Å². The Morgan fingerprint density at radius 2 is 1.54 bits per heavy atom. The largest absolute Gasteiger partial charge is 0.358 e. The monoisotopic (exact) mass is 348 g/mol. The molecular formula is C21H36N2S. The molecule has 1 aromatic carbocycles. The second-order valence-electron chi connectivity index (χ2n) is 7.64. The number of para-hydroxylation sites is 1. The Morgan fingerprint density at radius 1 is 1.04 bits per heavy atom. The SMILES string of the molecule is CCCC(C)(C)NC(=S)Nc1c(C(C)CC)cccc1C(C)CC. The van der Waals surface area contributed by atoms with Crippen LogP contribution in [0.25, 0.3) is 0 Å². The van der Waals surface area contributed by atoms with Crippen LogP contribution in [0.4, 0.5) is 5.69 Å². The van der Waals surface area contributed by atoms with Crippen molar-refractivity contribution < 1.29 is 0 Å². The summed E-state index contributed by atoms with van der Waals surface area (Å²) in [6.45, 7) is 15.7. The number of hydrogen-bond acceptors (Lipinski definition) is 1. The van der Waals surface area contributed by atoms with Gasteiger partial charge in [-0.15, -0.1) is 0 Å². The minimum atomic E-state index is 0.0146. The molecule has 0 aromatic heterocycles. The van der Waals surface area contributed by atoms with Gasteiger partial charge in [0.15, 0.2) is 5.11 Å². The lowest BCUT2D eigenvalue weighted by Gasteiger charge is -2.29. The zero-order chi connectivity index (χ0) is 18.3. The fourth-order valence-electron chi connectivity index (χ4n) is 3.13. The van der Waals surface area contributed by atoms with Gasteiger partial charge in [0.2, 0.25) is 0 Å². The first-order valence-electron chi connectivity index (χ1n) is 9.47. The highest BCUT2D eigenvalue weighted by Gasteiger charge is 2.20. The molecule has 0 radical (unpaired) electrons. The molecule has 2 atom stereocenters. The molecule has 0 fully saturated rings. The van der Waals surface area contributed by atoms with E-state index in [1.54, 1.807) is 0 Å². The highest BCUT2D eigenvalue weighted by Crippen LogP contribution is 2.35. The van der Waals surface area contributed by atoms with E-state index in [4.69, 9.17) is 12.2 Å². The third kappa shape index (κ3) is 5.77. The molecule has 0 aliphatic heterocycles. The van der Waals surface area contributed by atoms with E-state index in [0.717, 1.165) is 30.8 Å². The average Bonchev–Trinajstić information content (AvgIpc) is 2.52. The van der Waals surface area contributed by atoms with Crippen LogP contribution in [-0.2, 0) is 0 Å². The highest BCUT2D eigenvalue weighted by molar-refractivity contribution is 7.80. The molecular weight excluding hydrogens is 312 g/mol. The number of nitrogens with one attached hydrogen (secondary N) is 2. The second-order valence-corrected chi connectivity index (χ2v) is 8.05. The Hall–Kier alpha value is -1.09. The molecule has 0 spiro atoms. The van der Waals surface area contributed by atoms with Crippen molar-refractivity contribution in [2.24, 2.45) is 0 Å². The molecule has 1 aromatic rings. The van der Waals surface area contributed by atoms with Crippen molar-refractivity contribution in [3.63, 3.8) is 0 Å². The minimum absolute atomic E-state index is 0.0146. The number of thiocarbonyl (C=S) groups is 1. The van der Waals surface area contributed by atoms with Crippen molar-refractivity contribution in [2.75, 3.05) is 5.32 Å². The van der Waals surface area contributed by atoms with Crippen LogP contribution in [-0.4, -0.2) is 10.7 Å². The Balaban J connectivity index is 3.13. The molecule has 2 N–H and O–H groups in total. The molecule has 0 saturated carbocycles. The van der Waals surface area contributed by atoms with Crippen molar-refractivity contribution >= 4 is 23.0 Å². The van der Waals surface area contributed by atoms with Gasteiger partial charge in [-0.25, -0.2) is 0 Å². The summed E-state index contributed by atoms with van der Waals surface area (Å²) in [4.78, 5) is 0. The summed E-state index contributed by atoms with van der Waals surface area (Å²) in [5.74, 6) is 1.03. The summed E-state index contributed by atoms with van der Waals surface area (Å²) < 4.78 is 0. The fraction of sp³-hybridized carbons (Fsp3) is 0.667. The van der Waals surface area contributed by atoms with Gasteiger partial charge in [0, 0.05) is 11.2 Å². The first kappa shape index (κ1) is 21.0. The molecule has 0 aliphatic carbocycles. The lowest BCUT2D eigenvalue weighted by atomic mass is 9.89. The smallest absolute Gasteiger partial charge is 0.171 e. The Labute approximate surface area is 154 Å². The first-order valence-corrected chi connectivity index (χ1v) is 9.88. The topological polar surface area (TPSA) is 24.1 Å². The lowest BCUT2D eigenvalue weighted by molar-refractivity contribution is 0.422. The van der Waals surface area contributed by atoms with E-state index in [0.29, 0.717) is 11.8 Å². The molecule has 1 rings (SSSR count). The maximum absolute atomic E-state index is 5.64. The third-order valence-corrected chi connectivity index (χ3v) is 5.19. The van der Waals surface area contributed by atoms with Gasteiger partial charge in [-0.1, -0.05) is 59.2 Å². The quantitative estimate of drug-likeness (QED) is 0.519. The van der Waals surface area contributed by atoms with Gasteiger partial charge in [-0.3, -0.25) is 0 Å². The number of anilines is 1. The average molecular weight is 349 g/mol. The van der Waals surface area contributed by atoms with Crippen LogP contribution >= 0.6 is 12.2 Å². The van der Waals surface area contributed by atoms with Gasteiger partial charge in [-0.05, 0) is 68.3 Å². The Kier molecular flexibility index (Phi) is 8.21. The minimum Gasteiger partial charge on any atom is -0.358 e. The van der Waals surface area contributed by atoms with E-state index < -0.39 is 0 Å². The molecule has 136 valence electrons. The Morgan fingerprint density at radius 3 is 1.96 bits per heavy atom. The fourth-order valence-corrected chi connectivity index (χ4v) is 3.51. The predicted molar refractivity (Wildman–Crippen MR) is 112 cm³/mol. The van der Waals surface area contributed by atoms with Gasteiger partial charge in [0.25, 0.3) is 0 Å². The summed E-state index contributed by atoms with van der Waals surface area (Å²) in [6, 6.07) is 6.66. The summed E-state index contributed by atoms with van der Waals surface area (Å²) in [7, 11) is 0. The van der Waals surface area contributed by atoms with Crippen LogP contribution in [0.3, 0.4) is 0 Å². The number of benzene rings is 1. The van der Waals surface area contributed by atoms with E-state index in [1.807, 2.05) is 0 Å². The molecule has 0 aliphatic rings. The molecule has 24 heavy (non-hydrogen) atoms. The maximum atomic E-state index is 5.64. The first-order chi connectivity index (χ1) is 11.3. The van der Waals surface area contributed by atoms with Gasteiger partial charge < -0.3 is 10.6 Å². The van der Waals surface area contributed by atoms with E-state index in [-0.39, 0.29) is 5.54 Å². The van der Waals surface area contributed by atoms with Crippen LogP contribution in [0.15, 0.2) is 18.2 Å². The zero-order valence-electron chi connectivity index (χ0n) is 16.6. The van der Waals surface area contributed by atoms with Crippen LogP contribution in [0, 0.1) is 0 Å². The van der Waals surface area contributed by atoms with E-state index in [1.165, 1.54) is 16.8 Å². The molecule has 0 amide bonds. The molecule has 0 heterocycles. The van der Waals surface area contributed by atoms with Gasteiger partial charge in [-0.2, -0.15) is 0 Å². The van der Waals surface area contributed by atoms with Gasteiger partial charge in [0.05, 0.1) is 0 Å². The van der Waals surface area contributed by atoms with Crippen molar-refractivity contribution in [3.05, 3.63) is 29.3 Å². The van der Waals surface area contributed by atoms with Crippen molar-refractivity contribution in [3.8, 4) is 0 Å². The Bertz CT molecular complexity index is 508. The standard InChI is InChI=1S/C21H36N2S/c1-8-14-21(6,7)23-20(24)22-19-17(15(4)9-2)12-11-13-18(19)16(5)10-3/h11-13,15-16H,8-10,14H2,1-7H3,(H2,22,23,24). The maximum Gasteiger partial charge on any atom is 0.171 e. The highest BCUT2D eigenvalue weighted by atomic mass is 32.1. The molecule has 0 bridgehead atoms. The van der Waals surface area contributed by atoms with Gasteiger partial charge in [0.1, 0.15) is 0 Å². The summed E-state index contributed by atoms with van der Waals surface area (Å²) >= 11 is 5.64. The molecule has 0 saturated heterocycles. The third-order valence-electron chi connectivity index (χ3n) is 4.98. The zero-order valence-corrected chi connectivity index (χ0v) is 17.4. The number of rotatable bonds is 8. The van der Waals surface area contributed by atoms with E-state index in [9.17, 15) is 0 Å².